The van der Waals surface area contributed by atoms with E-state index in [0.717, 1.165) is 24.0 Å². The van der Waals surface area contributed by atoms with Crippen LogP contribution in [0.1, 0.15) is 55.5 Å². The molecule has 1 fully saturated rings. The summed E-state index contributed by atoms with van der Waals surface area (Å²) in [5.74, 6) is -3.09. The maximum absolute atomic E-state index is 12.9. The van der Waals surface area contributed by atoms with Crippen molar-refractivity contribution < 1.29 is 24.2 Å². The Balaban J connectivity index is 1.93. The van der Waals surface area contributed by atoms with Gasteiger partial charge < -0.3 is 15.2 Å². The summed E-state index contributed by atoms with van der Waals surface area (Å²) >= 11 is 1.25. The number of benzene rings is 1. The van der Waals surface area contributed by atoms with E-state index in [0.29, 0.717) is 29.0 Å². The number of anilines is 1. The Kier molecular flexibility index (Phi) is 6.92. The van der Waals surface area contributed by atoms with Crippen LogP contribution in [-0.4, -0.2) is 29.1 Å². The van der Waals surface area contributed by atoms with E-state index in [9.17, 15) is 19.5 Å². The van der Waals surface area contributed by atoms with Crippen LogP contribution in [-0.2, 0) is 14.3 Å². The number of carbonyl (C=O) groups is 3. The fourth-order valence-electron chi connectivity index (χ4n) is 3.82. The molecule has 0 saturated heterocycles. The van der Waals surface area contributed by atoms with Crippen LogP contribution in [0.15, 0.2) is 29.6 Å². The van der Waals surface area contributed by atoms with Crippen molar-refractivity contribution in [3.63, 3.8) is 0 Å². The summed E-state index contributed by atoms with van der Waals surface area (Å²) in [5.41, 5.74) is 2.97. The third-order valence-corrected chi connectivity index (χ3v) is 6.25. The fraction of sp³-hybridized carbons (Fsp3) is 0.435. The summed E-state index contributed by atoms with van der Waals surface area (Å²) in [6.45, 7) is 5.53. The van der Waals surface area contributed by atoms with E-state index >= 15 is 0 Å². The smallest absolute Gasteiger partial charge is 0.342 e. The molecular formula is C23H27NO5S. The van der Waals surface area contributed by atoms with Crippen LogP contribution in [0.5, 0.6) is 0 Å². The van der Waals surface area contributed by atoms with Crippen molar-refractivity contribution in [2.45, 2.75) is 52.6 Å². The predicted octanol–water partition coefficient (Wildman–Crippen LogP) is 5.12. The summed E-state index contributed by atoms with van der Waals surface area (Å²) in [7, 11) is 0. The van der Waals surface area contributed by atoms with Gasteiger partial charge in [0.15, 0.2) is 0 Å². The van der Waals surface area contributed by atoms with Crippen molar-refractivity contribution >= 4 is 34.2 Å². The quantitative estimate of drug-likeness (QED) is 0.622. The minimum absolute atomic E-state index is 0.304. The molecule has 1 aliphatic carbocycles. The molecule has 0 unspecified atom stereocenters. The molecule has 2 atom stereocenters. The number of ether oxygens (including phenoxy) is 1. The molecule has 2 aromatic rings. The lowest BCUT2D eigenvalue weighted by molar-refractivity contribution is -0.147. The van der Waals surface area contributed by atoms with Gasteiger partial charge in [-0.25, -0.2) is 4.79 Å². The van der Waals surface area contributed by atoms with Crippen LogP contribution in [0.2, 0.25) is 0 Å². The molecule has 6 nitrogen and oxygen atoms in total. The number of aliphatic carboxylic acids is 1. The number of carbonyl (C=O) groups excluding carboxylic acids is 2. The van der Waals surface area contributed by atoms with Crippen molar-refractivity contribution in [3.8, 4) is 11.1 Å². The fourth-order valence-corrected chi connectivity index (χ4v) is 4.78. The first-order valence-electron chi connectivity index (χ1n) is 10.2. The SMILES string of the molecule is Cc1ccc(-c2csc(NC(=O)[C@H]3CCCC[C@@H]3C(=O)O)c2C(=O)OC(C)C)cc1. The van der Waals surface area contributed by atoms with Gasteiger partial charge in [0.05, 0.1) is 17.9 Å². The summed E-state index contributed by atoms with van der Waals surface area (Å²) in [4.78, 5) is 37.4. The number of rotatable bonds is 6. The first-order chi connectivity index (χ1) is 14.3. The molecule has 0 aliphatic heterocycles. The van der Waals surface area contributed by atoms with E-state index < -0.39 is 23.8 Å². The highest BCUT2D eigenvalue weighted by Crippen LogP contribution is 2.38. The largest absolute Gasteiger partial charge is 0.481 e. The second kappa shape index (κ2) is 9.43. The molecular weight excluding hydrogens is 402 g/mol. The molecule has 1 aromatic heterocycles. The van der Waals surface area contributed by atoms with Gasteiger partial charge >= 0.3 is 11.9 Å². The third kappa shape index (κ3) is 4.90. The molecule has 0 radical (unpaired) electrons. The second-order valence-electron chi connectivity index (χ2n) is 8.00. The van der Waals surface area contributed by atoms with E-state index in [1.807, 2.05) is 36.6 Å². The molecule has 160 valence electrons. The Labute approximate surface area is 180 Å². The monoisotopic (exact) mass is 429 g/mol. The zero-order valence-electron chi connectivity index (χ0n) is 17.4. The molecule has 0 spiro atoms. The second-order valence-corrected chi connectivity index (χ2v) is 8.88. The summed E-state index contributed by atoms with van der Waals surface area (Å²) in [5, 5.41) is 14.6. The van der Waals surface area contributed by atoms with E-state index in [1.54, 1.807) is 13.8 Å². The molecule has 1 amide bonds. The van der Waals surface area contributed by atoms with Gasteiger partial charge in [0.1, 0.15) is 10.6 Å². The molecule has 3 rings (SSSR count). The molecule has 1 heterocycles. The Morgan fingerprint density at radius 2 is 1.73 bits per heavy atom. The van der Waals surface area contributed by atoms with Crippen molar-refractivity contribution in [1.29, 1.82) is 0 Å². The topological polar surface area (TPSA) is 92.7 Å². The van der Waals surface area contributed by atoms with Crippen LogP contribution < -0.4 is 5.32 Å². The number of nitrogens with one attached hydrogen (secondary N) is 1. The lowest BCUT2D eigenvalue weighted by Crippen LogP contribution is -2.36. The number of aryl methyl sites for hydroxylation is 1. The average Bonchev–Trinajstić information content (AvgIpc) is 3.11. The zero-order chi connectivity index (χ0) is 21.8. The van der Waals surface area contributed by atoms with Gasteiger partial charge in [0, 0.05) is 10.9 Å². The minimum Gasteiger partial charge on any atom is -0.481 e. The first kappa shape index (κ1) is 22.0. The number of thiophene rings is 1. The number of amides is 1. The lowest BCUT2D eigenvalue weighted by atomic mass is 9.79. The van der Waals surface area contributed by atoms with E-state index in [1.165, 1.54) is 11.3 Å². The molecule has 2 N–H and O–H groups in total. The Morgan fingerprint density at radius 1 is 1.10 bits per heavy atom. The van der Waals surface area contributed by atoms with Gasteiger partial charge in [-0.2, -0.15) is 0 Å². The van der Waals surface area contributed by atoms with Crippen LogP contribution in [0.25, 0.3) is 11.1 Å². The highest BCUT2D eigenvalue weighted by Gasteiger charge is 2.36. The van der Waals surface area contributed by atoms with Gasteiger partial charge in [-0.3, -0.25) is 9.59 Å². The van der Waals surface area contributed by atoms with E-state index in [4.69, 9.17) is 4.74 Å². The Bertz CT molecular complexity index is 932. The normalized spacial score (nSPS) is 18.8. The summed E-state index contributed by atoms with van der Waals surface area (Å²) in [6, 6.07) is 7.78. The van der Waals surface area contributed by atoms with E-state index in [-0.39, 0.29) is 12.0 Å². The van der Waals surface area contributed by atoms with Crippen LogP contribution in [0.4, 0.5) is 5.00 Å². The third-order valence-electron chi connectivity index (χ3n) is 5.36. The number of carboxylic acid groups (broad SMARTS) is 1. The van der Waals surface area contributed by atoms with Gasteiger partial charge in [0.25, 0.3) is 0 Å². The summed E-state index contributed by atoms with van der Waals surface area (Å²) < 4.78 is 5.43. The van der Waals surface area contributed by atoms with Crippen molar-refractivity contribution in [3.05, 3.63) is 40.8 Å². The molecule has 7 heteroatoms. The van der Waals surface area contributed by atoms with Crippen molar-refractivity contribution in [1.82, 2.24) is 0 Å². The predicted molar refractivity (Wildman–Crippen MR) is 117 cm³/mol. The first-order valence-corrected chi connectivity index (χ1v) is 11.1. The standard InChI is InChI=1S/C23H27NO5S/c1-13(2)29-23(28)19-18(15-10-8-14(3)9-11-15)12-30-21(19)24-20(25)16-6-4-5-7-17(16)22(26)27/h8-13,16-17H,4-7H2,1-3H3,(H,24,25)(H,26,27)/t16-,17-/m0/s1. The zero-order valence-corrected chi connectivity index (χ0v) is 18.3. The molecule has 1 saturated carbocycles. The lowest BCUT2D eigenvalue weighted by Gasteiger charge is -2.27. The molecule has 1 aromatic carbocycles. The maximum Gasteiger partial charge on any atom is 0.342 e. The Hall–Kier alpha value is -2.67. The average molecular weight is 430 g/mol. The Morgan fingerprint density at radius 3 is 2.33 bits per heavy atom. The molecule has 0 bridgehead atoms. The number of esters is 1. The number of hydrogen-bond donors (Lipinski definition) is 2. The van der Waals surface area contributed by atoms with Crippen molar-refractivity contribution in [2.24, 2.45) is 11.8 Å². The van der Waals surface area contributed by atoms with Gasteiger partial charge in [-0.1, -0.05) is 42.7 Å². The van der Waals surface area contributed by atoms with Crippen LogP contribution >= 0.6 is 11.3 Å². The highest BCUT2D eigenvalue weighted by atomic mass is 32.1. The number of carboxylic acids is 1. The van der Waals surface area contributed by atoms with Gasteiger partial charge in [0.2, 0.25) is 5.91 Å². The van der Waals surface area contributed by atoms with E-state index in [2.05, 4.69) is 5.32 Å². The van der Waals surface area contributed by atoms with Gasteiger partial charge in [-0.15, -0.1) is 11.3 Å². The maximum atomic E-state index is 12.9. The minimum atomic E-state index is -0.944. The summed E-state index contributed by atoms with van der Waals surface area (Å²) in [6.07, 6.45) is 2.35. The van der Waals surface area contributed by atoms with Crippen LogP contribution in [0.3, 0.4) is 0 Å². The highest BCUT2D eigenvalue weighted by molar-refractivity contribution is 7.15. The number of hydrogen-bond acceptors (Lipinski definition) is 5. The van der Waals surface area contributed by atoms with Crippen molar-refractivity contribution in [2.75, 3.05) is 5.32 Å². The molecule has 1 aliphatic rings. The molecule has 30 heavy (non-hydrogen) atoms. The van der Waals surface area contributed by atoms with Gasteiger partial charge in [-0.05, 0) is 39.2 Å². The van der Waals surface area contributed by atoms with Crippen LogP contribution in [0, 0.1) is 18.8 Å².